The maximum absolute atomic E-state index is 12.3. The first-order valence-corrected chi connectivity index (χ1v) is 8.89. The summed E-state index contributed by atoms with van der Waals surface area (Å²) in [7, 11) is 0. The van der Waals surface area contributed by atoms with Crippen molar-refractivity contribution in [2.75, 3.05) is 23.7 Å². The van der Waals surface area contributed by atoms with E-state index < -0.39 is 29.5 Å². The Morgan fingerprint density at radius 2 is 2.14 bits per heavy atom. The second kappa shape index (κ2) is 9.28. The second-order valence-corrected chi connectivity index (χ2v) is 6.65. The third-order valence-corrected chi connectivity index (χ3v) is 4.34. The number of aromatic nitrogens is 2. The number of carbonyl (C=O) groups excluding carboxylic acids is 2. The van der Waals surface area contributed by atoms with E-state index in [1.807, 2.05) is 0 Å². The number of nitrogens with two attached hydrogens (primary N) is 3. The second-order valence-electron chi connectivity index (χ2n) is 6.65. The number of hydrogen-bond acceptors (Lipinski definition) is 8. The quantitative estimate of drug-likeness (QED) is 0.142. The van der Waals surface area contributed by atoms with Gasteiger partial charge in [0.2, 0.25) is 11.9 Å². The zero-order valence-corrected chi connectivity index (χ0v) is 15.6. The number of aliphatic imine (C=N–C) groups is 1. The van der Waals surface area contributed by atoms with Gasteiger partial charge in [0.15, 0.2) is 11.7 Å². The van der Waals surface area contributed by atoms with Gasteiger partial charge in [-0.25, -0.2) is 0 Å². The number of H-pyrrole nitrogens is 1. The van der Waals surface area contributed by atoms with Crippen LogP contribution in [0, 0.1) is 5.92 Å². The lowest BCUT2D eigenvalue weighted by atomic mass is 9.91. The Hall–Kier alpha value is -2.99. The lowest BCUT2D eigenvalue weighted by Crippen LogP contribution is -2.39. The highest BCUT2D eigenvalue weighted by molar-refractivity contribution is 5.93. The molecule has 0 fully saturated rings. The zero-order chi connectivity index (χ0) is 20.8. The van der Waals surface area contributed by atoms with E-state index in [4.69, 9.17) is 17.2 Å². The van der Waals surface area contributed by atoms with Gasteiger partial charge in [0.1, 0.15) is 11.9 Å². The number of aliphatic hydroxyl groups is 1. The molecule has 0 saturated heterocycles. The van der Waals surface area contributed by atoms with E-state index in [0.717, 1.165) is 0 Å². The molecule has 0 saturated carbocycles. The molecule has 0 aromatic carbocycles. The molecule has 0 bridgehead atoms. The van der Waals surface area contributed by atoms with E-state index in [0.29, 0.717) is 24.9 Å². The van der Waals surface area contributed by atoms with Crippen molar-refractivity contribution in [2.24, 2.45) is 28.1 Å². The molecule has 1 aromatic rings. The molecule has 3 atom stereocenters. The summed E-state index contributed by atoms with van der Waals surface area (Å²) in [6.07, 6.45) is -0.0834. The number of hydrogen-bond donors (Lipinski definition) is 7. The monoisotopic (exact) mass is 394 g/mol. The third-order valence-electron chi connectivity index (χ3n) is 4.34. The number of aliphatic hydroxyl groups excluding tert-OH is 1. The van der Waals surface area contributed by atoms with Crippen molar-refractivity contribution >= 4 is 29.4 Å². The zero-order valence-electron chi connectivity index (χ0n) is 15.6. The summed E-state index contributed by atoms with van der Waals surface area (Å²) in [5.74, 6) is -1.16. The fraction of sp³-hybridized carbons (Fsp3) is 0.562. The maximum atomic E-state index is 12.3. The fourth-order valence-corrected chi connectivity index (χ4v) is 2.83. The lowest BCUT2D eigenvalue weighted by Gasteiger charge is -2.25. The van der Waals surface area contributed by atoms with Gasteiger partial charge in [0.25, 0.3) is 5.56 Å². The average molecular weight is 394 g/mol. The minimum Gasteiger partial charge on any atom is -0.386 e. The van der Waals surface area contributed by atoms with E-state index in [9.17, 15) is 19.5 Å². The van der Waals surface area contributed by atoms with Crippen molar-refractivity contribution in [1.29, 1.82) is 0 Å². The Labute approximate surface area is 161 Å². The molecule has 12 heteroatoms. The Bertz CT molecular complexity index is 815. The van der Waals surface area contributed by atoms with E-state index in [1.165, 1.54) is 6.92 Å². The van der Waals surface area contributed by atoms with Gasteiger partial charge in [-0.1, -0.05) is 0 Å². The van der Waals surface area contributed by atoms with Crippen LogP contribution in [0.15, 0.2) is 9.79 Å². The Morgan fingerprint density at radius 3 is 2.79 bits per heavy atom. The van der Waals surface area contributed by atoms with Gasteiger partial charge in [0, 0.05) is 19.0 Å². The number of anilines is 2. The largest absolute Gasteiger partial charge is 0.386 e. The highest BCUT2D eigenvalue weighted by atomic mass is 16.3. The summed E-state index contributed by atoms with van der Waals surface area (Å²) in [6, 6.07) is -0.823. The van der Waals surface area contributed by atoms with Gasteiger partial charge in [-0.15, -0.1) is 0 Å². The Morgan fingerprint density at radius 1 is 1.43 bits per heavy atom. The van der Waals surface area contributed by atoms with Crippen LogP contribution in [0.3, 0.4) is 0 Å². The average Bonchev–Trinajstić information content (AvgIpc) is 2.63. The van der Waals surface area contributed by atoms with Crippen LogP contribution >= 0.6 is 0 Å². The molecular weight excluding hydrogens is 368 g/mol. The third kappa shape index (κ3) is 5.50. The molecule has 0 aliphatic carbocycles. The van der Waals surface area contributed by atoms with Gasteiger partial charge in [-0.05, 0) is 26.2 Å². The van der Waals surface area contributed by atoms with Gasteiger partial charge >= 0.3 is 0 Å². The minimum absolute atomic E-state index is 0.0289. The highest BCUT2D eigenvalue weighted by Gasteiger charge is 2.30. The number of Topliss-reactive ketones (excluding diaryl/α,β-unsaturated/α-hetero) is 1. The summed E-state index contributed by atoms with van der Waals surface area (Å²) in [5, 5.41) is 14.8. The number of carbonyl (C=O) groups is 2. The summed E-state index contributed by atoms with van der Waals surface area (Å²) in [5.41, 5.74) is 16.1. The molecule has 0 spiro atoms. The van der Waals surface area contributed by atoms with Gasteiger partial charge in [-0.3, -0.25) is 29.7 Å². The molecule has 1 aromatic heterocycles. The molecule has 1 aliphatic heterocycles. The molecule has 10 N–H and O–H groups in total. The van der Waals surface area contributed by atoms with E-state index in [-0.39, 0.29) is 36.5 Å². The topological polar surface area (TPSA) is 215 Å². The van der Waals surface area contributed by atoms with Crippen LogP contribution in [0.4, 0.5) is 11.8 Å². The summed E-state index contributed by atoms with van der Waals surface area (Å²) >= 11 is 0. The predicted molar refractivity (Wildman–Crippen MR) is 104 cm³/mol. The predicted octanol–water partition coefficient (Wildman–Crippen LogP) is -2.38. The first-order valence-electron chi connectivity index (χ1n) is 8.89. The normalized spacial score (nSPS) is 17.6. The van der Waals surface area contributed by atoms with E-state index >= 15 is 0 Å². The summed E-state index contributed by atoms with van der Waals surface area (Å²) in [6.45, 7) is 1.98. The van der Waals surface area contributed by atoms with Gasteiger partial charge in [0.05, 0.1) is 11.6 Å². The van der Waals surface area contributed by atoms with Crippen LogP contribution in [-0.4, -0.2) is 58.0 Å². The summed E-state index contributed by atoms with van der Waals surface area (Å²) in [4.78, 5) is 46.9. The molecule has 1 unspecified atom stereocenters. The SMILES string of the molecule is C[C@H](O)C(=O)C1CNc2nc(NC(=O)[C@@H](N)CCCN=C(N)N)[nH]c(=O)c2C1. The number of nitrogens with one attached hydrogen (secondary N) is 3. The highest BCUT2D eigenvalue weighted by Crippen LogP contribution is 2.22. The van der Waals surface area contributed by atoms with Crippen molar-refractivity contribution in [1.82, 2.24) is 9.97 Å². The van der Waals surface area contributed by atoms with Crippen LogP contribution in [0.2, 0.25) is 0 Å². The molecule has 154 valence electrons. The molecule has 0 radical (unpaired) electrons. The molecule has 12 nitrogen and oxygen atoms in total. The van der Waals surface area contributed by atoms with Crippen molar-refractivity contribution in [3.63, 3.8) is 0 Å². The van der Waals surface area contributed by atoms with Crippen LogP contribution in [-0.2, 0) is 16.0 Å². The number of aromatic amines is 1. The number of rotatable bonds is 8. The molecule has 2 rings (SSSR count). The first kappa shape index (κ1) is 21.3. The van der Waals surface area contributed by atoms with Gasteiger partial charge < -0.3 is 27.6 Å². The molecule has 1 amide bonds. The van der Waals surface area contributed by atoms with Crippen LogP contribution in [0.1, 0.15) is 25.3 Å². The standard InChI is InChI=1S/C16H26N8O4/c1-7(25)11(26)8-5-9-12(21-6-8)22-16(23-13(9)27)24-14(28)10(17)3-2-4-20-15(18)19/h7-8,10,25H,2-6,17H2,1H3,(H4,18,19,20)(H3,21,22,23,24,27,28)/t7-,8?,10-/m0/s1. The number of nitrogens with zero attached hydrogens (tertiary/aromatic N) is 2. The smallest absolute Gasteiger partial charge is 0.257 e. The fourth-order valence-electron chi connectivity index (χ4n) is 2.83. The molecule has 1 aliphatic rings. The van der Waals surface area contributed by atoms with Crippen LogP contribution < -0.4 is 33.4 Å². The van der Waals surface area contributed by atoms with Crippen LogP contribution in [0.25, 0.3) is 0 Å². The number of ketones is 1. The molecule has 2 heterocycles. The van der Waals surface area contributed by atoms with E-state index in [1.54, 1.807) is 0 Å². The van der Waals surface area contributed by atoms with Crippen molar-refractivity contribution in [3.8, 4) is 0 Å². The van der Waals surface area contributed by atoms with Crippen molar-refractivity contribution in [3.05, 3.63) is 15.9 Å². The number of guanidine groups is 1. The number of fused-ring (bicyclic) bond motifs is 1. The Kier molecular flexibility index (Phi) is 7.06. The maximum Gasteiger partial charge on any atom is 0.257 e. The van der Waals surface area contributed by atoms with Crippen molar-refractivity contribution in [2.45, 2.75) is 38.3 Å². The molecule has 28 heavy (non-hydrogen) atoms. The number of amides is 1. The van der Waals surface area contributed by atoms with Crippen molar-refractivity contribution < 1.29 is 14.7 Å². The minimum atomic E-state index is -1.10. The van der Waals surface area contributed by atoms with Crippen LogP contribution in [0.5, 0.6) is 0 Å². The first-order chi connectivity index (χ1) is 13.2. The van der Waals surface area contributed by atoms with Gasteiger partial charge in [-0.2, -0.15) is 4.98 Å². The Balaban J connectivity index is 2.00. The van der Waals surface area contributed by atoms with E-state index in [2.05, 4.69) is 25.6 Å². The summed E-state index contributed by atoms with van der Waals surface area (Å²) < 4.78 is 0. The molecular formula is C16H26N8O4. The lowest BCUT2D eigenvalue weighted by molar-refractivity contribution is -0.130.